The second-order valence-corrected chi connectivity index (χ2v) is 3.71. The SMILES string of the molecule is O=C(O)CC1C(=O)Cc2ccccc2[N+]1=O. The van der Waals surface area contributed by atoms with E-state index in [4.69, 9.17) is 5.11 Å². The minimum Gasteiger partial charge on any atom is -0.481 e. The van der Waals surface area contributed by atoms with E-state index in [0.29, 0.717) is 16.0 Å². The van der Waals surface area contributed by atoms with E-state index in [1.807, 2.05) is 0 Å². The zero-order valence-electron chi connectivity index (χ0n) is 8.42. The van der Waals surface area contributed by atoms with Crippen molar-refractivity contribution in [2.45, 2.75) is 18.9 Å². The summed E-state index contributed by atoms with van der Waals surface area (Å²) in [7, 11) is 0. The van der Waals surface area contributed by atoms with Crippen molar-refractivity contribution in [2.75, 3.05) is 0 Å². The lowest BCUT2D eigenvalue weighted by Gasteiger charge is -2.13. The number of carbonyl (C=O) groups excluding carboxylic acids is 1. The molecule has 0 aromatic heterocycles. The van der Waals surface area contributed by atoms with E-state index in [2.05, 4.69) is 0 Å². The maximum atomic E-state index is 11.8. The second kappa shape index (κ2) is 3.84. The lowest BCUT2D eigenvalue weighted by molar-refractivity contribution is -0.493. The molecule has 1 aliphatic heterocycles. The van der Waals surface area contributed by atoms with Gasteiger partial charge in [0, 0.05) is 27.7 Å². The zero-order chi connectivity index (χ0) is 11.7. The monoisotopic (exact) mass is 220 g/mol. The predicted octanol–water partition coefficient (Wildman–Crippen LogP) is 1.07. The summed E-state index contributed by atoms with van der Waals surface area (Å²) in [6, 6.07) is 5.65. The van der Waals surface area contributed by atoms with Crippen LogP contribution in [0.5, 0.6) is 0 Å². The van der Waals surface area contributed by atoms with Crippen molar-refractivity contribution < 1.29 is 19.5 Å². The van der Waals surface area contributed by atoms with Crippen LogP contribution in [-0.2, 0) is 16.0 Å². The average molecular weight is 220 g/mol. The Kier molecular flexibility index (Phi) is 2.52. The van der Waals surface area contributed by atoms with Crippen LogP contribution in [0.25, 0.3) is 0 Å². The molecule has 2 rings (SSSR count). The molecule has 1 atom stereocenters. The van der Waals surface area contributed by atoms with Crippen LogP contribution in [0.15, 0.2) is 24.3 Å². The Morgan fingerprint density at radius 3 is 2.81 bits per heavy atom. The molecule has 16 heavy (non-hydrogen) atoms. The van der Waals surface area contributed by atoms with Crippen LogP contribution < -0.4 is 0 Å². The highest BCUT2D eigenvalue weighted by Gasteiger charge is 2.42. The fourth-order valence-electron chi connectivity index (χ4n) is 1.84. The molecule has 0 radical (unpaired) electrons. The molecule has 1 aromatic rings. The Morgan fingerprint density at radius 1 is 1.44 bits per heavy atom. The van der Waals surface area contributed by atoms with Crippen molar-refractivity contribution >= 4 is 17.4 Å². The Balaban J connectivity index is 2.38. The molecule has 1 aromatic carbocycles. The molecule has 1 aliphatic rings. The maximum absolute atomic E-state index is 11.8. The number of carbonyl (C=O) groups is 2. The summed E-state index contributed by atoms with van der Waals surface area (Å²) in [4.78, 5) is 33.9. The third kappa shape index (κ3) is 1.71. The van der Waals surface area contributed by atoms with E-state index in [0.717, 1.165) is 0 Å². The Morgan fingerprint density at radius 2 is 2.12 bits per heavy atom. The Hall–Kier alpha value is -2.04. The van der Waals surface area contributed by atoms with Crippen molar-refractivity contribution in [1.82, 2.24) is 0 Å². The number of para-hydroxylation sites is 1. The lowest BCUT2D eigenvalue weighted by Crippen LogP contribution is -2.37. The summed E-state index contributed by atoms with van der Waals surface area (Å²) in [5.41, 5.74) is 1.05. The first-order valence-electron chi connectivity index (χ1n) is 4.88. The molecule has 0 bridgehead atoms. The second-order valence-electron chi connectivity index (χ2n) is 3.71. The number of carboxylic acid groups (broad SMARTS) is 1. The van der Waals surface area contributed by atoms with Crippen LogP contribution in [0.3, 0.4) is 0 Å². The van der Waals surface area contributed by atoms with E-state index in [1.54, 1.807) is 24.3 Å². The highest BCUT2D eigenvalue weighted by Crippen LogP contribution is 2.27. The quantitative estimate of drug-likeness (QED) is 0.756. The molecule has 5 heteroatoms. The molecule has 1 unspecified atom stereocenters. The summed E-state index contributed by atoms with van der Waals surface area (Å²) < 4.78 is 0.509. The summed E-state index contributed by atoms with van der Waals surface area (Å²) in [6.45, 7) is 0. The molecule has 5 nitrogen and oxygen atoms in total. The number of nitrogens with zero attached hydrogens (tertiary/aromatic N) is 1. The number of hydrogen-bond acceptors (Lipinski definition) is 3. The van der Waals surface area contributed by atoms with Gasteiger partial charge in [-0.15, -0.1) is 0 Å². The number of fused-ring (bicyclic) bond motifs is 1. The van der Waals surface area contributed by atoms with Gasteiger partial charge < -0.3 is 5.11 Å². The first-order chi connectivity index (χ1) is 7.59. The van der Waals surface area contributed by atoms with Gasteiger partial charge in [-0.05, 0) is 0 Å². The Labute approximate surface area is 91.3 Å². The molecule has 1 heterocycles. The summed E-state index contributed by atoms with van der Waals surface area (Å²) in [5.74, 6) is -1.48. The molecule has 0 saturated heterocycles. The maximum Gasteiger partial charge on any atom is 0.310 e. The number of Topliss-reactive ketones (excluding diaryl/α,β-unsaturated/α-hetero) is 1. The fourth-order valence-corrected chi connectivity index (χ4v) is 1.84. The van der Waals surface area contributed by atoms with Crippen molar-refractivity contribution in [2.24, 2.45) is 0 Å². The van der Waals surface area contributed by atoms with E-state index in [1.165, 1.54) is 0 Å². The number of aliphatic carboxylic acids is 1. The third-order valence-corrected chi connectivity index (χ3v) is 2.62. The van der Waals surface area contributed by atoms with E-state index in [9.17, 15) is 14.5 Å². The zero-order valence-corrected chi connectivity index (χ0v) is 8.42. The Bertz CT molecular complexity index is 481. The normalized spacial score (nSPS) is 19.4. The van der Waals surface area contributed by atoms with Gasteiger partial charge in [0.1, 0.15) is 6.42 Å². The van der Waals surface area contributed by atoms with Crippen LogP contribution in [0.1, 0.15) is 12.0 Å². The van der Waals surface area contributed by atoms with Crippen molar-refractivity contribution in [3.63, 3.8) is 0 Å². The topological polar surface area (TPSA) is 74.4 Å². The molecule has 0 saturated carbocycles. The van der Waals surface area contributed by atoms with Crippen molar-refractivity contribution in [1.29, 1.82) is 0 Å². The number of hydrogen-bond donors (Lipinski definition) is 1. The number of rotatable bonds is 2. The van der Waals surface area contributed by atoms with E-state index in [-0.39, 0.29) is 12.2 Å². The van der Waals surface area contributed by atoms with Crippen LogP contribution in [0.2, 0.25) is 0 Å². The number of nitroso groups, excluding NO2 is 1. The minimum atomic E-state index is -1.14. The van der Waals surface area contributed by atoms with Gasteiger partial charge in [0.2, 0.25) is 5.78 Å². The van der Waals surface area contributed by atoms with E-state index < -0.39 is 18.4 Å². The van der Waals surface area contributed by atoms with Crippen LogP contribution in [-0.4, -0.2) is 27.7 Å². The fraction of sp³-hybridized carbons (Fsp3) is 0.273. The van der Waals surface area contributed by atoms with Crippen LogP contribution >= 0.6 is 0 Å². The third-order valence-electron chi connectivity index (χ3n) is 2.62. The summed E-state index contributed by atoms with van der Waals surface area (Å²) in [5, 5.41) is 8.63. The van der Waals surface area contributed by atoms with Gasteiger partial charge in [-0.1, -0.05) is 18.2 Å². The van der Waals surface area contributed by atoms with Crippen LogP contribution in [0.4, 0.5) is 5.69 Å². The predicted molar refractivity (Wildman–Crippen MR) is 54.5 cm³/mol. The van der Waals surface area contributed by atoms with Gasteiger partial charge >= 0.3 is 5.97 Å². The molecule has 0 aliphatic carbocycles. The number of benzene rings is 1. The first-order valence-corrected chi connectivity index (χ1v) is 4.88. The van der Waals surface area contributed by atoms with Crippen molar-refractivity contribution in [3.8, 4) is 0 Å². The number of ketones is 1. The largest absolute Gasteiger partial charge is 0.481 e. The standard InChI is InChI=1S/C11H9NO4/c13-10-5-7-3-1-2-4-8(7)12(16)9(10)6-11(14)15/h1-4,9H,5-6H2/p+1. The van der Waals surface area contributed by atoms with Gasteiger partial charge in [0.05, 0.1) is 0 Å². The summed E-state index contributed by atoms with van der Waals surface area (Å²) in [6.07, 6.45) is -0.316. The van der Waals surface area contributed by atoms with Gasteiger partial charge in [0.15, 0.2) is 0 Å². The van der Waals surface area contributed by atoms with E-state index >= 15 is 0 Å². The molecule has 0 amide bonds. The molecule has 1 N–H and O–H groups in total. The van der Waals surface area contributed by atoms with Gasteiger partial charge in [0.25, 0.3) is 11.7 Å². The van der Waals surface area contributed by atoms with Crippen molar-refractivity contribution in [3.05, 3.63) is 34.7 Å². The smallest absolute Gasteiger partial charge is 0.310 e. The minimum absolute atomic E-state index is 0.132. The van der Waals surface area contributed by atoms with Gasteiger partial charge in [-0.25, -0.2) is 0 Å². The highest BCUT2D eigenvalue weighted by molar-refractivity contribution is 5.90. The first kappa shape index (κ1) is 10.5. The highest BCUT2D eigenvalue weighted by atomic mass is 16.4. The van der Waals surface area contributed by atoms with Gasteiger partial charge in [-0.2, -0.15) is 0 Å². The lowest BCUT2D eigenvalue weighted by atomic mass is 9.95. The summed E-state index contributed by atoms with van der Waals surface area (Å²) >= 11 is 0. The molecule has 0 spiro atoms. The molecule has 0 fully saturated rings. The van der Waals surface area contributed by atoms with Gasteiger partial charge in [-0.3, -0.25) is 9.59 Å². The molecule has 82 valence electrons. The molecular weight excluding hydrogens is 210 g/mol. The number of carboxylic acids is 1. The van der Waals surface area contributed by atoms with Crippen LogP contribution in [0, 0.1) is 4.91 Å². The molecular formula is C11H10NO4+. The average Bonchev–Trinajstić information content (AvgIpc) is 2.24.